The average molecular weight is 418 g/mol. The number of unbranched alkanes of at least 4 members (excludes halogenated alkanes) is 2. The molecule has 0 fully saturated rings. The second kappa shape index (κ2) is 8.91. The van der Waals surface area contributed by atoms with E-state index in [1.165, 1.54) is 23.0 Å². The summed E-state index contributed by atoms with van der Waals surface area (Å²) in [4.78, 5) is 22.2. The number of carbonyl (C=O) groups excluding carboxylic acids is 1. The van der Waals surface area contributed by atoms with Crippen LogP contribution in [0.3, 0.4) is 0 Å². The minimum absolute atomic E-state index is 0.150. The van der Waals surface area contributed by atoms with Crippen LogP contribution in [0, 0.1) is 5.82 Å². The van der Waals surface area contributed by atoms with Crippen molar-refractivity contribution in [2.75, 3.05) is 12.3 Å². The number of benzene rings is 2. The molecule has 0 unspecified atom stereocenters. The summed E-state index contributed by atoms with van der Waals surface area (Å²) in [5, 5.41) is 7.33. The van der Waals surface area contributed by atoms with Crippen molar-refractivity contribution in [2.24, 2.45) is 5.10 Å². The van der Waals surface area contributed by atoms with Gasteiger partial charge in [0.15, 0.2) is 5.65 Å². The van der Waals surface area contributed by atoms with Crippen molar-refractivity contribution >= 4 is 40.1 Å². The van der Waals surface area contributed by atoms with Gasteiger partial charge in [-0.2, -0.15) is 9.78 Å². The first-order valence-corrected chi connectivity index (χ1v) is 10.2. The van der Waals surface area contributed by atoms with E-state index >= 15 is 0 Å². The lowest BCUT2D eigenvalue weighted by Gasteiger charge is -2.04. The van der Waals surface area contributed by atoms with E-state index < -0.39 is 0 Å². The van der Waals surface area contributed by atoms with E-state index in [1.807, 2.05) is 24.3 Å². The van der Waals surface area contributed by atoms with Crippen LogP contribution >= 0.6 is 0 Å². The van der Waals surface area contributed by atoms with Crippen LogP contribution < -0.4 is 11.1 Å². The number of para-hydroxylation sites is 2. The Morgan fingerprint density at radius 1 is 1.13 bits per heavy atom. The number of anilines is 1. The zero-order valence-electron chi connectivity index (χ0n) is 17.2. The lowest BCUT2D eigenvalue weighted by atomic mass is 10.2. The number of nitrogen functional groups attached to an aromatic ring is 1. The quantitative estimate of drug-likeness (QED) is 0.349. The highest BCUT2D eigenvalue weighted by Crippen LogP contribution is 2.27. The first-order valence-electron chi connectivity index (χ1n) is 10.2. The molecule has 8 heteroatoms. The molecule has 4 aromatic rings. The molecule has 7 nitrogen and oxygen atoms in total. The minimum atomic E-state index is -0.331. The van der Waals surface area contributed by atoms with Crippen LogP contribution in [0.5, 0.6) is 0 Å². The van der Waals surface area contributed by atoms with Crippen molar-refractivity contribution < 1.29 is 9.18 Å². The summed E-state index contributed by atoms with van der Waals surface area (Å²) in [7, 11) is 0. The molecule has 1 amide bonds. The van der Waals surface area contributed by atoms with E-state index in [2.05, 4.69) is 27.3 Å². The number of nitrogens with zero attached hydrogens (tertiary/aromatic N) is 4. The van der Waals surface area contributed by atoms with Gasteiger partial charge in [-0.05, 0) is 36.2 Å². The molecule has 2 aromatic carbocycles. The molecule has 0 radical (unpaired) electrons. The molecular formula is C23H23FN6O. The van der Waals surface area contributed by atoms with Gasteiger partial charge in [0.05, 0.1) is 17.2 Å². The molecule has 0 aliphatic carbocycles. The van der Waals surface area contributed by atoms with Crippen LogP contribution in [0.1, 0.15) is 42.1 Å². The van der Waals surface area contributed by atoms with Gasteiger partial charge in [0.1, 0.15) is 22.7 Å². The van der Waals surface area contributed by atoms with E-state index in [4.69, 9.17) is 5.73 Å². The SMILES string of the molecule is CCCCCNC(=O)c1c(N)n(N=Cc2ccc(F)cc2)c2nc3ccccc3nc12. The van der Waals surface area contributed by atoms with Crippen molar-refractivity contribution in [1.29, 1.82) is 0 Å². The van der Waals surface area contributed by atoms with Crippen LogP contribution in [-0.4, -0.2) is 33.3 Å². The predicted octanol–water partition coefficient (Wildman–Crippen LogP) is 4.11. The number of nitrogens with one attached hydrogen (secondary N) is 1. The summed E-state index contributed by atoms with van der Waals surface area (Å²) in [5.41, 5.74) is 9.38. The Morgan fingerprint density at radius 2 is 1.84 bits per heavy atom. The first kappa shape index (κ1) is 20.5. The van der Waals surface area contributed by atoms with Crippen molar-refractivity contribution in [3.05, 3.63) is 65.5 Å². The Morgan fingerprint density at radius 3 is 2.55 bits per heavy atom. The zero-order chi connectivity index (χ0) is 21.8. The molecule has 0 spiro atoms. The van der Waals surface area contributed by atoms with Crippen molar-refractivity contribution in [1.82, 2.24) is 20.0 Å². The fourth-order valence-corrected chi connectivity index (χ4v) is 3.33. The standard InChI is InChI=1S/C23H23FN6O/c1-2-3-6-13-26-23(31)19-20-22(29-18-8-5-4-7-17(18)28-20)30(21(19)25)27-14-15-9-11-16(24)12-10-15/h4-5,7-12,14H,2-3,6,13,25H2,1H3,(H,26,31). The number of aromatic nitrogens is 3. The second-order valence-corrected chi connectivity index (χ2v) is 7.22. The van der Waals surface area contributed by atoms with Gasteiger partial charge in [0.2, 0.25) is 0 Å². The molecule has 0 saturated heterocycles. The topological polar surface area (TPSA) is 98.2 Å². The maximum Gasteiger partial charge on any atom is 0.257 e. The highest BCUT2D eigenvalue weighted by molar-refractivity contribution is 6.10. The Bertz CT molecular complexity index is 1260. The molecule has 0 saturated carbocycles. The second-order valence-electron chi connectivity index (χ2n) is 7.22. The summed E-state index contributed by atoms with van der Waals surface area (Å²) in [5.74, 6) is -0.488. The molecule has 158 valence electrons. The van der Waals surface area contributed by atoms with Gasteiger partial charge in [-0.3, -0.25) is 4.79 Å². The smallest absolute Gasteiger partial charge is 0.257 e. The van der Waals surface area contributed by atoms with Gasteiger partial charge >= 0.3 is 0 Å². The normalized spacial score (nSPS) is 11.5. The maximum atomic E-state index is 13.2. The molecule has 0 aliphatic heterocycles. The van der Waals surface area contributed by atoms with E-state index in [-0.39, 0.29) is 23.1 Å². The molecule has 4 rings (SSSR count). The minimum Gasteiger partial charge on any atom is -0.383 e. The molecule has 0 aliphatic rings. The van der Waals surface area contributed by atoms with E-state index in [0.29, 0.717) is 34.3 Å². The number of hydrogen-bond acceptors (Lipinski definition) is 5. The highest BCUT2D eigenvalue weighted by atomic mass is 19.1. The lowest BCUT2D eigenvalue weighted by Crippen LogP contribution is -2.25. The third kappa shape index (κ3) is 4.23. The number of amides is 1. The monoisotopic (exact) mass is 418 g/mol. The van der Waals surface area contributed by atoms with Crippen LogP contribution in [0.15, 0.2) is 53.6 Å². The number of hydrogen-bond donors (Lipinski definition) is 2. The van der Waals surface area contributed by atoms with E-state index in [9.17, 15) is 9.18 Å². The molecule has 2 aromatic heterocycles. The predicted molar refractivity (Wildman–Crippen MR) is 121 cm³/mol. The van der Waals surface area contributed by atoms with E-state index in [0.717, 1.165) is 19.3 Å². The molecular weight excluding hydrogens is 395 g/mol. The summed E-state index contributed by atoms with van der Waals surface area (Å²) in [6, 6.07) is 13.3. The van der Waals surface area contributed by atoms with Gasteiger partial charge in [-0.1, -0.05) is 44.0 Å². The van der Waals surface area contributed by atoms with Gasteiger partial charge in [0.25, 0.3) is 5.91 Å². The molecule has 0 bridgehead atoms. The number of rotatable bonds is 7. The number of nitrogens with two attached hydrogens (primary N) is 1. The number of fused-ring (bicyclic) bond motifs is 2. The summed E-state index contributed by atoms with van der Waals surface area (Å²) < 4.78 is 14.6. The highest BCUT2D eigenvalue weighted by Gasteiger charge is 2.23. The van der Waals surface area contributed by atoms with E-state index in [1.54, 1.807) is 12.1 Å². The van der Waals surface area contributed by atoms with Crippen LogP contribution in [0.25, 0.3) is 22.2 Å². The fourth-order valence-electron chi connectivity index (χ4n) is 3.33. The van der Waals surface area contributed by atoms with Crippen molar-refractivity contribution in [2.45, 2.75) is 26.2 Å². The van der Waals surface area contributed by atoms with Gasteiger partial charge in [0, 0.05) is 6.54 Å². The summed E-state index contributed by atoms with van der Waals surface area (Å²) in [6.07, 6.45) is 4.52. The average Bonchev–Trinajstić information content (AvgIpc) is 3.05. The van der Waals surface area contributed by atoms with Gasteiger partial charge < -0.3 is 11.1 Å². The number of carbonyl (C=O) groups is 1. The zero-order valence-corrected chi connectivity index (χ0v) is 17.2. The Kier molecular flexibility index (Phi) is 5.88. The third-order valence-electron chi connectivity index (χ3n) is 4.96. The molecule has 31 heavy (non-hydrogen) atoms. The first-order chi connectivity index (χ1) is 15.1. The Balaban J connectivity index is 1.80. The molecule has 0 atom stereocenters. The van der Waals surface area contributed by atoms with Crippen molar-refractivity contribution in [3.63, 3.8) is 0 Å². The van der Waals surface area contributed by atoms with Gasteiger partial charge in [-0.25, -0.2) is 14.4 Å². The number of halogens is 1. The van der Waals surface area contributed by atoms with Crippen molar-refractivity contribution in [3.8, 4) is 0 Å². The lowest BCUT2D eigenvalue weighted by molar-refractivity contribution is 0.0955. The Hall–Kier alpha value is -3.81. The molecule has 2 heterocycles. The third-order valence-corrected chi connectivity index (χ3v) is 4.96. The maximum absolute atomic E-state index is 13.2. The van der Waals surface area contributed by atoms with Crippen LogP contribution in [0.2, 0.25) is 0 Å². The van der Waals surface area contributed by atoms with Gasteiger partial charge in [-0.15, -0.1) is 0 Å². The Labute approximate surface area is 178 Å². The summed E-state index contributed by atoms with van der Waals surface area (Å²) in [6.45, 7) is 2.66. The van der Waals surface area contributed by atoms with Crippen LogP contribution in [0.4, 0.5) is 10.2 Å². The molecule has 3 N–H and O–H groups in total. The largest absolute Gasteiger partial charge is 0.383 e. The summed E-state index contributed by atoms with van der Waals surface area (Å²) >= 11 is 0. The fraction of sp³-hybridized carbons (Fsp3) is 0.217. The van der Waals surface area contributed by atoms with Crippen LogP contribution in [-0.2, 0) is 0 Å².